The second kappa shape index (κ2) is 9.20. The molecule has 0 bridgehead atoms. The molecule has 8 heteroatoms. The Kier molecular flexibility index (Phi) is 6.46. The molecule has 1 aromatic heterocycles. The van der Waals surface area contributed by atoms with Crippen molar-refractivity contribution in [1.29, 1.82) is 0 Å². The van der Waals surface area contributed by atoms with Crippen LogP contribution in [-0.2, 0) is 9.59 Å². The number of amides is 2. The number of aromatic amines is 2. The smallest absolute Gasteiger partial charge is 0.323 e. The fourth-order valence-electron chi connectivity index (χ4n) is 3.15. The molecule has 0 saturated heterocycles. The summed E-state index contributed by atoms with van der Waals surface area (Å²) in [5.41, 5.74) is 3.34. The Balaban J connectivity index is 1.59. The number of nitrogens with one attached hydrogen (secondary N) is 4. The van der Waals surface area contributed by atoms with E-state index in [0.717, 1.165) is 17.7 Å². The highest BCUT2D eigenvalue weighted by Gasteiger charge is 2.15. The monoisotopic (exact) mass is 395 g/mol. The molecule has 0 unspecified atom stereocenters. The molecule has 8 nitrogen and oxygen atoms in total. The Labute approximate surface area is 168 Å². The zero-order chi connectivity index (χ0) is 20.8. The molecule has 0 aliphatic rings. The molecule has 0 aliphatic heterocycles. The molecule has 0 spiro atoms. The summed E-state index contributed by atoms with van der Waals surface area (Å²) in [6, 6.07) is 12.7. The minimum atomic E-state index is -0.294. The van der Waals surface area contributed by atoms with Crippen molar-refractivity contribution < 1.29 is 9.59 Å². The number of nitrogens with zero attached hydrogens (tertiary/aromatic N) is 1. The van der Waals surface area contributed by atoms with Crippen LogP contribution in [0.15, 0.2) is 47.3 Å². The number of hydrogen-bond donors (Lipinski definition) is 4. The number of aromatic nitrogens is 2. The first kappa shape index (κ1) is 20.3. The second-order valence-corrected chi connectivity index (χ2v) is 6.96. The lowest BCUT2D eigenvalue weighted by atomic mass is 10.2. The minimum Gasteiger partial charge on any atom is -0.325 e. The van der Waals surface area contributed by atoms with Gasteiger partial charge < -0.3 is 20.6 Å². The first-order valence-corrected chi connectivity index (χ1v) is 9.54. The predicted octanol–water partition coefficient (Wildman–Crippen LogP) is 2.45. The van der Waals surface area contributed by atoms with Crippen LogP contribution in [0.4, 0.5) is 11.4 Å². The molecule has 4 N–H and O–H groups in total. The number of benzene rings is 2. The van der Waals surface area contributed by atoms with Gasteiger partial charge in [-0.2, -0.15) is 0 Å². The van der Waals surface area contributed by atoms with E-state index in [-0.39, 0.29) is 30.6 Å². The molecule has 152 valence electrons. The number of imidazole rings is 1. The first-order chi connectivity index (χ1) is 13.9. The Bertz CT molecular complexity index is 1070. The summed E-state index contributed by atoms with van der Waals surface area (Å²) in [6.45, 7) is 4.77. The Morgan fingerprint density at radius 2 is 1.66 bits per heavy atom. The van der Waals surface area contributed by atoms with Crippen LogP contribution >= 0.6 is 0 Å². The van der Waals surface area contributed by atoms with Crippen LogP contribution in [0.1, 0.15) is 18.9 Å². The molecular weight excluding hydrogens is 370 g/mol. The van der Waals surface area contributed by atoms with E-state index in [1.54, 1.807) is 23.1 Å². The fraction of sp³-hybridized carbons (Fsp3) is 0.286. The highest BCUT2D eigenvalue weighted by molar-refractivity contribution is 5.96. The van der Waals surface area contributed by atoms with Crippen LogP contribution in [0.3, 0.4) is 0 Å². The molecule has 0 fully saturated rings. The summed E-state index contributed by atoms with van der Waals surface area (Å²) in [5.74, 6) is -0.383. The van der Waals surface area contributed by atoms with Gasteiger partial charge in [-0.15, -0.1) is 0 Å². The summed E-state index contributed by atoms with van der Waals surface area (Å²) >= 11 is 0. The molecule has 0 saturated carbocycles. The van der Waals surface area contributed by atoms with E-state index < -0.39 is 0 Å². The third-order valence-corrected chi connectivity index (χ3v) is 4.49. The van der Waals surface area contributed by atoms with Gasteiger partial charge in [0.25, 0.3) is 0 Å². The molecule has 1 heterocycles. The third-order valence-electron chi connectivity index (χ3n) is 4.49. The van der Waals surface area contributed by atoms with E-state index in [9.17, 15) is 14.4 Å². The van der Waals surface area contributed by atoms with E-state index in [4.69, 9.17) is 0 Å². The van der Waals surface area contributed by atoms with Crippen molar-refractivity contribution in [1.82, 2.24) is 14.9 Å². The maximum absolute atomic E-state index is 12.5. The summed E-state index contributed by atoms with van der Waals surface area (Å²) in [6.07, 6.45) is 0.821. The summed E-state index contributed by atoms with van der Waals surface area (Å²) in [4.78, 5) is 43.4. The lowest BCUT2D eigenvalue weighted by Crippen LogP contribution is -2.39. The van der Waals surface area contributed by atoms with Crippen molar-refractivity contribution in [3.8, 4) is 0 Å². The third kappa shape index (κ3) is 5.55. The summed E-state index contributed by atoms with van der Waals surface area (Å²) in [7, 11) is 0. The van der Waals surface area contributed by atoms with Crippen LogP contribution in [0.5, 0.6) is 0 Å². The molecule has 0 aliphatic carbocycles. The molecule has 2 aromatic carbocycles. The van der Waals surface area contributed by atoms with Crippen molar-refractivity contribution in [2.75, 3.05) is 30.3 Å². The van der Waals surface area contributed by atoms with Gasteiger partial charge in [0.2, 0.25) is 11.8 Å². The summed E-state index contributed by atoms with van der Waals surface area (Å²) < 4.78 is 0. The molecule has 3 rings (SSSR count). The van der Waals surface area contributed by atoms with Crippen molar-refractivity contribution in [2.24, 2.45) is 0 Å². The van der Waals surface area contributed by atoms with Crippen molar-refractivity contribution in [2.45, 2.75) is 20.3 Å². The number of para-hydroxylation sites is 1. The Morgan fingerprint density at radius 1 is 0.966 bits per heavy atom. The molecule has 0 atom stereocenters. The van der Waals surface area contributed by atoms with Gasteiger partial charge in [0.05, 0.1) is 24.1 Å². The van der Waals surface area contributed by atoms with Gasteiger partial charge in [-0.1, -0.05) is 25.1 Å². The van der Waals surface area contributed by atoms with Gasteiger partial charge in [-0.3, -0.25) is 14.5 Å². The topological polar surface area (TPSA) is 110 Å². The van der Waals surface area contributed by atoms with Gasteiger partial charge in [-0.05, 0) is 49.7 Å². The van der Waals surface area contributed by atoms with Gasteiger partial charge >= 0.3 is 5.69 Å². The van der Waals surface area contributed by atoms with Crippen LogP contribution in [0, 0.1) is 6.92 Å². The predicted molar refractivity (Wildman–Crippen MR) is 114 cm³/mol. The number of carbonyl (C=O) groups excluding carboxylic acids is 2. The number of carbonyl (C=O) groups is 2. The lowest BCUT2D eigenvalue weighted by Gasteiger charge is -2.21. The molecular formula is C21H25N5O3. The van der Waals surface area contributed by atoms with Gasteiger partial charge in [0.15, 0.2) is 0 Å². The average molecular weight is 395 g/mol. The van der Waals surface area contributed by atoms with Crippen LogP contribution < -0.4 is 16.3 Å². The quantitative estimate of drug-likeness (QED) is 0.470. The molecule has 0 radical (unpaired) electrons. The van der Waals surface area contributed by atoms with Crippen molar-refractivity contribution >= 4 is 34.2 Å². The Hall–Kier alpha value is -3.39. The van der Waals surface area contributed by atoms with Crippen LogP contribution in [-0.4, -0.2) is 46.3 Å². The van der Waals surface area contributed by atoms with Crippen molar-refractivity contribution in [3.63, 3.8) is 0 Å². The van der Waals surface area contributed by atoms with Gasteiger partial charge in [0.1, 0.15) is 0 Å². The average Bonchev–Trinajstić information content (AvgIpc) is 3.03. The SMILES string of the molecule is CCCN(CC(=O)Nc1ccc2[nH]c(=O)[nH]c2c1)CC(=O)Nc1ccccc1C. The lowest BCUT2D eigenvalue weighted by molar-refractivity contribution is -0.120. The van der Waals surface area contributed by atoms with Crippen LogP contribution in [0.2, 0.25) is 0 Å². The highest BCUT2D eigenvalue weighted by atomic mass is 16.2. The van der Waals surface area contributed by atoms with Crippen LogP contribution in [0.25, 0.3) is 11.0 Å². The van der Waals surface area contributed by atoms with E-state index in [1.807, 2.05) is 38.1 Å². The first-order valence-electron chi connectivity index (χ1n) is 9.54. The number of aryl methyl sites for hydroxylation is 1. The zero-order valence-electron chi connectivity index (χ0n) is 16.5. The Morgan fingerprint density at radius 3 is 2.38 bits per heavy atom. The molecule has 3 aromatic rings. The maximum atomic E-state index is 12.5. The second-order valence-electron chi connectivity index (χ2n) is 6.96. The number of H-pyrrole nitrogens is 2. The zero-order valence-corrected chi connectivity index (χ0v) is 16.5. The number of hydrogen-bond acceptors (Lipinski definition) is 4. The van der Waals surface area contributed by atoms with E-state index in [1.165, 1.54) is 0 Å². The standard InChI is InChI=1S/C21H25N5O3/c1-3-10-26(13-20(28)23-16-7-5-4-6-14(16)2)12-19(27)22-15-8-9-17-18(11-15)25-21(29)24-17/h4-9,11H,3,10,12-13H2,1-2H3,(H,22,27)(H,23,28)(H2,24,25,29). The number of fused-ring (bicyclic) bond motifs is 1. The molecule has 29 heavy (non-hydrogen) atoms. The van der Waals surface area contributed by atoms with E-state index in [0.29, 0.717) is 23.3 Å². The molecule has 2 amide bonds. The highest BCUT2D eigenvalue weighted by Crippen LogP contribution is 2.15. The largest absolute Gasteiger partial charge is 0.325 e. The van der Waals surface area contributed by atoms with Gasteiger partial charge in [-0.25, -0.2) is 4.79 Å². The number of rotatable bonds is 8. The fourth-order valence-corrected chi connectivity index (χ4v) is 3.15. The maximum Gasteiger partial charge on any atom is 0.323 e. The van der Waals surface area contributed by atoms with Gasteiger partial charge in [0, 0.05) is 11.4 Å². The minimum absolute atomic E-state index is 0.0940. The number of anilines is 2. The summed E-state index contributed by atoms with van der Waals surface area (Å²) in [5, 5.41) is 5.71. The normalized spacial score (nSPS) is 11.0. The van der Waals surface area contributed by atoms with E-state index in [2.05, 4.69) is 20.6 Å². The van der Waals surface area contributed by atoms with E-state index >= 15 is 0 Å². The van der Waals surface area contributed by atoms with Crippen molar-refractivity contribution in [3.05, 3.63) is 58.5 Å².